The fraction of sp³-hybridized carbons (Fsp3) is 0.500. The maximum Gasteiger partial charge on any atom is 0.212 e. The Labute approximate surface area is 157 Å². The minimum Gasteiger partial charge on any atom is -0.493 e. The third-order valence-electron chi connectivity index (χ3n) is 5.04. The molecule has 0 saturated carbocycles. The van der Waals surface area contributed by atoms with Crippen LogP contribution in [0.4, 0.5) is 10.3 Å². The normalized spacial score (nSPS) is 18.3. The van der Waals surface area contributed by atoms with Gasteiger partial charge in [0.2, 0.25) is 10.3 Å². The van der Waals surface area contributed by atoms with Crippen molar-refractivity contribution in [2.75, 3.05) is 43.0 Å². The summed E-state index contributed by atoms with van der Waals surface area (Å²) in [5, 5.41) is 20.4. The summed E-state index contributed by atoms with van der Waals surface area (Å²) in [4.78, 5) is 4.78. The van der Waals surface area contributed by atoms with Gasteiger partial charge in [-0.3, -0.25) is 10.3 Å². The zero-order valence-corrected chi connectivity index (χ0v) is 16.0. The molecule has 2 N–H and O–H groups in total. The molecule has 0 amide bonds. The average Bonchev–Trinajstić information content (AvgIpc) is 3.29. The summed E-state index contributed by atoms with van der Waals surface area (Å²) >= 11 is 1.50. The van der Waals surface area contributed by atoms with Gasteiger partial charge in [-0.25, -0.2) is 0 Å². The summed E-state index contributed by atoms with van der Waals surface area (Å²) in [7, 11) is 0. The first-order chi connectivity index (χ1) is 12.6. The van der Waals surface area contributed by atoms with Crippen molar-refractivity contribution >= 4 is 27.4 Å². The molecule has 2 aromatic rings. The first-order valence-corrected chi connectivity index (χ1v) is 9.82. The maximum atomic E-state index is 7.49. The Kier molecular flexibility index (Phi) is 4.78. The van der Waals surface area contributed by atoms with Crippen LogP contribution in [0.1, 0.15) is 31.0 Å². The summed E-state index contributed by atoms with van der Waals surface area (Å²) in [6.45, 7) is 8.63. The van der Waals surface area contributed by atoms with Crippen molar-refractivity contribution in [2.45, 2.75) is 26.3 Å². The van der Waals surface area contributed by atoms with E-state index in [0.29, 0.717) is 17.0 Å². The summed E-state index contributed by atoms with van der Waals surface area (Å²) < 4.78 is 5.72. The van der Waals surface area contributed by atoms with E-state index < -0.39 is 0 Å². The third-order valence-corrected chi connectivity index (χ3v) is 5.94. The highest BCUT2D eigenvalue weighted by molar-refractivity contribution is 7.19. The van der Waals surface area contributed by atoms with Crippen LogP contribution in [0.2, 0.25) is 0 Å². The molecule has 1 atom stereocenters. The molecule has 4 rings (SSSR count). The predicted molar refractivity (Wildman–Crippen MR) is 105 cm³/mol. The number of ether oxygens (including phenoxy) is 1. The van der Waals surface area contributed by atoms with Gasteiger partial charge in [-0.2, -0.15) is 0 Å². The maximum absolute atomic E-state index is 7.49. The minimum absolute atomic E-state index is 0.374. The van der Waals surface area contributed by atoms with Gasteiger partial charge in [0.1, 0.15) is 5.75 Å². The molecule has 3 heterocycles. The first kappa shape index (κ1) is 17.2. The zero-order valence-electron chi connectivity index (χ0n) is 15.2. The van der Waals surface area contributed by atoms with Crippen molar-refractivity contribution in [2.24, 2.45) is 0 Å². The second-order valence-corrected chi connectivity index (χ2v) is 7.76. The van der Waals surface area contributed by atoms with Crippen LogP contribution in [-0.4, -0.2) is 53.7 Å². The van der Waals surface area contributed by atoms with Gasteiger partial charge in [0.25, 0.3) is 0 Å². The second-order valence-electron chi connectivity index (χ2n) is 6.80. The fourth-order valence-electron chi connectivity index (χ4n) is 3.51. The summed E-state index contributed by atoms with van der Waals surface area (Å²) in [5.41, 5.74) is 2.65. The smallest absolute Gasteiger partial charge is 0.212 e. The van der Waals surface area contributed by atoms with E-state index in [1.54, 1.807) is 6.92 Å². The molecule has 1 fully saturated rings. The number of aromatic nitrogens is 2. The summed E-state index contributed by atoms with van der Waals surface area (Å²) in [6, 6.07) is 7.04. The first-order valence-electron chi connectivity index (χ1n) is 9.00. The standard InChI is InChI=1S/C18H24N6OS/c1-12(15-4-3-14-5-10-25-16(14)11-15)23-6-8-24(9-7-23)18-22-21-17(26-18)20-13(2)19/h3-4,11-12H,5-10H2,1-2H3,(H2,19,20,21)/t12-/m1/s1. The Hall–Kier alpha value is -2.19. The van der Waals surface area contributed by atoms with Crippen molar-refractivity contribution in [3.05, 3.63) is 29.3 Å². The number of benzene rings is 1. The van der Waals surface area contributed by atoms with Gasteiger partial charge >= 0.3 is 0 Å². The molecule has 1 aromatic heterocycles. The molecule has 26 heavy (non-hydrogen) atoms. The number of fused-ring (bicyclic) bond motifs is 1. The van der Waals surface area contributed by atoms with Crippen molar-refractivity contribution in [1.29, 1.82) is 5.41 Å². The summed E-state index contributed by atoms with van der Waals surface area (Å²) in [6.07, 6.45) is 1.03. The van der Waals surface area contributed by atoms with Gasteiger partial charge in [0.05, 0.1) is 12.4 Å². The molecule has 0 aliphatic carbocycles. The number of amidine groups is 1. The van der Waals surface area contributed by atoms with Gasteiger partial charge in [-0.05, 0) is 31.0 Å². The lowest BCUT2D eigenvalue weighted by molar-refractivity contribution is 0.198. The zero-order chi connectivity index (χ0) is 18.1. The van der Waals surface area contributed by atoms with Gasteiger partial charge in [-0.15, -0.1) is 10.2 Å². The Morgan fingerprint density at radius 1 is 1.27 bits per heavy atom. The summed E-state index contributed by atoms with van der Waals surface area (Å²) in [5.74, 6) is 1.44. The average molecular weight is 372 g/mol. The molecule has 0 unspecified atom stereocenters. The van der Waals surface area contributed by atoms with E-state index in [2.05, 4.69) is 50.4 Å². The molecule has 1 aromatic carbocycles. The van der Waals surface area contributed by atoms with Crippen LogP contribution in [0.25, 0.3) is 0 Å². The molecule has 0 bridgehead atoms. The number of nitrogens with zero attached hydrogens (tertiary/aromatic N) is 4. The van der Waals surface area contributed by atoms with Crippen LogP contribution in [0.15, 0.2) is 18.2 Å². The lowest BCUT2D eigenvalue weighted by Crippen LogP contribution is -2.47. The Morgan fingerprint density at radius 3 is 2.85 bits per heavy atom. The molecule has 0 spiro atoms. The van der Waals surface area contributed by atoms with Crippen LogP contribution in [-0.2, 0) is 6.42 Å². The second kappa shape index (κ2) is 7.20. The van der Waals surface area contributed by atoms with Crippen LogP contribution >= 0.6 is 11.3 Å². The molecular weight excluding hydrogens is 348 g/mol. The minimum atomic E-state index is 0.374. The number of hydrogen-bond acceptors (Lipinski definition) is 7. The molecule has 2 aliphatic rings. The monoisotopic (exact) mass is 372 g/mol. The SMILES string of the molecule is CC(=N)Nc1nnc(N2CCN([C@H](C)c3ccc4c(c3)OCC4)CC2)s1. The molecule has 0 radical (unpaired) electrons. The quantitative estimate of drug-likeness (QED) is 0.635. The molecule has 8 heteroatoms. The van der Waals surface area contributed by atoms with E-state index in [4.69, 9.17) is 10.1 Å². The van der Waals surface area contributed by atoms with Crippen molar-refractivity contribution in [3.8, 4) is 5.75 Å². The van der Waals surface area contributed by atoms with E-state index in [9.17, 15) is 0 Å². The van der Waals surface area contributed by atoms with Crippen molar-refractivity contribution in [1.82, 2.24) is 15.1 Å². The highest BCUT2D eigenvalue weighted by Gasteiger charge is 2.25. The molecule has 7 nitrogen and oxygen atoms in total. The van der Waals surface area contributed by atoms with Crippen LogP contribution in [0, 0.1) is 5.41 Å². The fourth-order valence-corrected chi connectivity index (χ4v) is 4.36. The van der Waals surface area contributed by atoms with Crippen molar-refractivity contribution in [3.63, 3.8) is 0 Å². The number of nitrogens with one attached hydrogen (secondary N) is 2. The van der Waals surface area contributed by atoms with E-state index in [0.717, 1.165) is 50.1 Å². The van der Waals surface area contributed by atoms with Crippen LogP contribution in [0.5, 0.6) is 5.75 Å². The lowest BCUT2D eigenvalue weighted by Gasteiger charge is -2.38. The predicted octanol–water partition coefficient (Wildman–Crippen LogP) is 2.77. The molecule has 2 aliphatic heterocycles. The van der Waals surface area contributed by atoms with Gasteiger partial charge in [0, 0.05) is 38.6 Å². The van der Waals surface area contributed by atoms with E-state index in [1.807, 2.05) is 0 Å². The Balaban J connectivity index is 1.37. The number of hydrogen-bond donors (Lipinski definition) is 2. The van der Waals surface area contributed by atoms with Crippen LogP contribution < -0.4 is 15.0 Å². The lowest BCUT2D eigenvalue weighted by atomic mass is 10.0. The van der Waals surface area contributed by atoms with Gasteiger partial charge < -0.3 is 15.0 Å². The largest absolute Gasteiger partial charge is 0.493 e. The molecular formula is C18H24N6OS. The Bertz CT molecular complexity index is 799. The topological polar surface area (TPSA) is 77.4 Å². The van der Waals surface area contributed by atoms with E-state index in [-0.39, 0.29) is 0 Å². The third kappa shape index (κ3) is 3.52. The molecule has 1 saturated heterocycles. The van der Waals surface area contributed by atoms with E-state index in [1.165, 1.54) is 22.5 Å². The van der Waals surface area contributed by atoms with Gasteiger partial charge in [-0.1, -0.05) is 23.5 Å². The number of rotatable bonds is 4. The number of anilines is 2. The number of piperazine rings is 1. The van der Waals surface area contributed by atoms with Gasteiger partial charge in [0.15, 0.2) is 0 Å². The van der Waals surface area contributed by atoms with E-state index >= 15 is 0 Å². The van der Waals surface area contributed by atoms with Crippen LogP contribution in [0.3, 0.4) is 0 Å². The Morgan fingerprint density at radius 2 is 2.08 bits per heavy atom. The molecule has 138 valence electrons. The highest BCUT2D eigenvalue weighted by Crippen LogP contribution is 2.32. The van der Waals surface area contributed by atoms with Crippen molar-refractivity contribution < 1.29 is 4.74 Å². The highest BCUT2D eigenvalue weighted by atomic mass is 32.1.